The summed E-state index contributed by atoms with van der Waals surface area (Å²) in [5.74, 6) is 0.607. The van der Waals surface area contributed by atoms with Crippen molar-refractivity contribution in [1.29, 1.82) is 0 Å². The van der Waals surface area contributed by atoms with Gasteiger partial charge in [-0.3, -0.25) is 0 Å². The maximum Gasteiger partial charge on any atom is 0.0160 e. The van der Waals surface area contributed by atoms with Crippen molar-refractivity contribution >= 4 is 11.8 Å². The minimum Gasteiger partial charge on any atom is -0.0895 e. The highest BCUT2D eigenvalue weighted by Crippen LogP contribution is 2.41. The van der Waals surface area contributed by atoms with E-state index < -0.39 is 0 Å². The highest BCUT2D eigenvalue weighted by Gasteiger charge is 2.18. The molecule has 0 N–H and O–H groups in total. The van der Waals surface area contributed by atoms with Crippen LogP contribution in [0.3, 0.4) is 0 Å². The zero-order valence-corrected chi connectivity index (χ0v) is 11.1. The van der Waals surface area contributed by atoms with Crippen molar-refractivity contribution in [3.63, 3.8) is 0 Å². The van der Waals surface area contributed by atoms with Crippen LogP contribution in [0.25, 0.3) is 0 Å². The third-order valence-electron chi connectivity index (χ3n) is 3.35. The average molecular weight is 240 g/mol. The van der Waals surface area contributed by atoms with E-state index in [4.69, 9.17) is 0 Å². The third-order valence-corrected chi connectivity index (χ3v) is 4.57. The van der Waals surface area contributed by atoms with Crippen molar-refractivity contribution in [2.24, 2.45) is 0 Å². The second kappa shape index (κ2) is 4.23. The Morgan fingerprint density at radius 1 is 0.941 bits per heavy atom. The maximum absolute atomic E-state index is 2.28. The fraction of sp³-hybridized carbons (Fsp3) is 0.250. The van der Waals surface area contributed by atoms with Crippen molar-refractivity contribution in [1.82, 2.24) is 0 Å². The smallest absolute Gasteiger partial charge is 0.0160 e. The Morgan fingerprint density at radius 2 is 1.71 bits per heavy atom. The molecule has 0 bridgehead atoms. The Labute approximate surface area is 107 Å². The van der Waals surface area contributed by atoms with Gasteiger partial charge in [0.25, 0.3) is 0 Å². The molecule has 3 rings (SSSR count). The molecule has 86 valence electrons. The first kappa shape index (κ1) is 10.9. The fourth-order valence-corrected chi connectivity index (χ4v) is 3.58. The molecule has 0 amide bonds. The molecular weight excluding hydrogens is 224 g/mol. The molecule has 0 atom stereocenters. The van der Waals surface area contributed by atoms with Gasteiger partial charge in [-0.1, -0.05) is 55.9 Å². The molecule has 0 saturated heterocycles. The Hall–Kier alpha value is -1.21. The first-order valence-corrected chi connectivity index (χ1v) is 6.95. The summed E-state index contributed by atoms with van der Waals surface area (Å²) < 4.78 is 0. The zero-order valence-electron chi connectivity index (χ0n) is 10.2. The van der Waals surface area contributed by atoms with Crippen LogP contribution in [-0.2, 0) is 6.42 Å². The highest BCUT2D eigenvalue weighted by atomic mass is 32.2. The lowest BCUT2D eigenvalue weighted by molar-refractivity contribution is 0.834. The monoisotopic (exact) mass is 240 g/mol. The van der Waals surface area contributed by atoms with Gasteiger partial charge in [-0.15, -0.1) is 0 Å². The fourth-order valence-electron chi connectivity index (χ4n) is 2.47. The van der Waals surface area contributed by atoms with E-state index >= 15 is 0 Å². The van der Waals surface area contributed by atoms with Crippen LogP contribution in [0.2, 0.25) is 0 Å². The SMILES string of the molecule is CC(C)c1cccc2c1Cc1ccccc1S2. The molecule has 0 nitrogen and oxygen atoms in total. The normalized spacial score (nSPS) is 13.4. The van der Waals surface area contributed by atoms with Crippen molar-refractivity contribution < 1.29 is 0 Å². The van der Waals surface area contributed by atoms with Crippen LogP contribution in [0.4, 0.5) is 0 Å². The van der Waals surface area contributed by atoms with Gasteiger partial charge < -0.3 is 0 Å². The first-order valence-electron chi connectivity index (χ1n) is 6.13. The molecule has 0 radical (unpaired) electrons. The van der Waals surface area contributed by atoms with Crippen molar-refractivity contribution in [3.05, 3.63) is 59.2 Å². The van der Waals surface area contributed by atoms with Crippen LogP contribution < -0.4 is 0 Å². The lowest BCUT2D eigenvalue weighted by atomic mass is 9.92. The van der Waals surface area contributed by atoms with Gasteiger partial charge in [0.2, 0.25) is 0 Å². The lowest BCUT2D eigenvalue weighted by Crippen LogP contribution is -2.04. The molecule has 2 aromatic rings. The summed E-state index contributed by atoms with van der Waals surface area (Å²) in [6, 6.07) is 15.5. The molecule has 1 heterocycles. The van der Waals surface area contributed by atoms with E-state index in [9.17, 15) is 0 Å². The van der Waals surface area contributed by atoms with E-state index in [1.54, 1.807) is 0 Å². The molecule has 1 aliphatic heterocycles. The third kappa shape index (κ3) is 1.89. The van der Waals surface area contributed by atoms with E-state index in [1.807, 2.05) is 11.8 Å². The second-order valence-corrected chi connectivity index (χ2v) is 5.95. The molecule has 0 fully saturated rings. The van der Waals surface area contributed by atoms with E-state index in [-0.39, 0.29) is 0 Å². The van der Waals surface area contributed by atoms with Crippen LogP contribution >= 0.6 is 11.8 Å². The quantitative estimate of drug-likeness (QED) is 0.585. The minimum atomic E-state index is 0.607. The molecule has 0 saturated carbocycles. The van der Waals surface area contributed by atoms with Crippen LogP contribution in [0.15, 0.2) is 52.3 Å². The second-order valence-electron chi connectivity index (χ2n) is 4.87. The molecule has 1 aliphatic rings. The summed E-state index contributed by atoms with van der Waals surface area (Å²) in [7, 11) is 0. The van der Waals surface area contributed by atoms with Crippen LogP contribution in [0, 0.1) is 0 Å². The Bertz CT molecular complexity index is 555. The summed E-state index contributed by atoms with van der Waals surface area (Å²) in [4.78, 5) is 2.86. The van der Waals surface area contributed by atoms with Gasteiger partial charge in [-0.25, -0.2) is 0 Å². The molecule has 0 spiro atoms. The average Bonchev–Trinajstić information content (AvgIpc) is 2.35. The van der Waals surface area contributed by atoms with Crippen molar-refractivity contribution in [2.75, 3.05) is 0 Å². The van der Waals surface area contributed by atoms with Crippen LogP contribution in [-0.4, -0.2) is 0 Å². The molecular formula is C16H16S. The van der Waals surface area contributed by atoms with Gasteiger partial charge in [0, 0.05) is 9.79 Å². The van der Waals surface area contributed by atoms with Gasteiger partial charge in [-0.05, 0) is 41.2 Å². The summed E-state index contributed by atoms with van der Waals surface area (Å²) in [5.41, 5.74) is 4.51. The maximum atomic E-state index is 2.28. The first-order chi connectivity index (χ1) is 8.25. The van der Waals surface area contributed by atoms with Gasteiger partial charge in [0.1, 0.15) is 0 Å². The molecule has 2 aromatic carbocycles. The van der Waals surface area contributed by atoms with E-state index in [0.29, 0.717) is 5.92 Å². The van der Waals surface area contributed by atoms with Gasteiger partial charge in [-0.2, -0.15) is 0 Å². The summed E-state index contributed by atoms with van der Waals surface area (Å²) in [6.07, 6.45) is 1.09. The molecule has 0 aromatic heterocycles. The highest BCUT2D eigenvalue weighted by molar-refractivity contribution is 7.99. The minimum absolute atomic E-state index is 0.607. The predicted molar refractivity (Wildman–Crippen MR) is 73.9 cm³/mol. The van der Waals surface area contributed by atoms with E-state index in [0.717, 1.165) is 6.42 Å². The standard InChI is InChI=1S/C16H16S/c1-11(2)13-7-5-9-16-14(13)10-12-6-3-4-8-15(12)17-16/h3-9,11H,10H2,1-2H3. The van der Waals surface area contributed by atoms with Crippen molar-refractivity contribution in [3.8, 4) is 0 Å². The number of rotatable bonds is 1. The number of benzene rings is 2. The zero-order chi connectivity index (χ0) is 11.8. The molecule has 1 heteroatoms. The summed E-state index contributed by atoms with van der Waals surface area (Å²) >= 11 is 1.91. The topological polar surface area (TPSA) is 0 Å². The number of fused-ring (bicyclic) bond motifs is 2. The van der Waals surface area contributed by atoms with E-state index in [1.165, 1.54) is 26.5 Å². The molecule has 17 heavy (non-hydrogen) atoms. The summed E-state index contributed by atoms with van der Waals surface area (Å²) in [5, 5.41) is 0. The molecule has 0 aliphatic carbocycles. The number of hydrogen-bond donors (Lipinski definition) is 0. The predicted octanol–water partition coefficient (Wildman–Crippen LogP) is 4.87. The van der Waals surface area contributed by atoms with Crippen molar-refractivity contribution in [2.45, 2.75) is 36.0 Å². The van der Waals surface area contributed by atoms with Crippen LogP contribution in [0.5, 0.6) is 0 Å². The largest absolute Gasteiger partial charge is 0.0895 e. The van der Waals surface area contributed by atoms with Gasteiger partial charge in [0.05, 0.1) is 0 Å². The van der Waals surface area contributed by atoms with Gasteiger partial charge >= 0.3 is 0 Å². The lowest BCUT2D eigenvalue weighted by Gasteiger charge is -2.23. The van der Waals surface area contributed by atoms with Gasteiger partial charge in [0.15, 0.2) is 0 Å². The van der Waals surface area contributed by atoms with E-state index in [2.05, 4.69) is 56.3 Å². The molecule has 0 unspecified atom stereocenters. The Morgan fingerprint density at radius 3 is 2.53 bits per heavy atom. The van der Waals surface area contributed by atoms with Crippen LogP contribution in [0.1, 0.15) is 36.5 Å². The number of hydrogen-bond acceptors (Lipinski definition) is 1. The Balaban J connectivity index is 2.12. The summed E-state index contributed by atoms with van der Waals surface area (Å²) in [6.45, 7) is 4.56. The Kier molecular flexibility index (Phi) is 2.71.